The van der Waals surface area contributed by atoms with Crippen LogP contribution in [0.5, 0.6) is 5.75 Å². The zero-order chi connectivity index (χ0) is 22.6. The molecule has 0 fully saturated rings. The van der Waals surface area contributed by atoms with Crippen molar-refractivity contribution >= 4 is 11.9 Å². The summed E-state index contributed by atoms with van der Waals surface area (Å²) in [5.74, 6) is -1.69. The van der Waals surface area contributed by atoms with E-state index in [0.717, 1.165) is 22.3 Å². The zero-order valence-corrected chi connectivity index (χ0v) is 17.3. The van der Waals surface area contributed by atoms with Gasteiger partial charge in [-0.3, -0.25) is 9.59 Å². The maximum atomic E-state index is 12.5. The van der Waals surface area contributed by atoms with Crippen molar-refractivity contribution in [3.8, 4) is 5.75 Å². The number of nitrogens with one attached hydrogen (secondary N) is 1. The molecule has 5 nitrogen and oxygen atoms in total. The lowest BCUT2D eigenvalue weighted by Gasteiger charge is -2.18. The molecule has 2 aromatic carbocycles. The highest BCUT2D eigenvalue weighted by atomic mass is 19.4. The van der Waals surface area contributed by atoms with E-state index in [9.17, 15) is 22.8 Å². The zero-order valence-electron chi connectivity index (χ0n) is 17.3. The Morgan fingerprint density at radius 1 is 1.10 bits per heavy atom. The number of benzene rings is 2. The topological polar surface area (TPSA) is 64.6 Å². The van der Waals surface area contributed by atoms with Crippen LogP contribution >= 0.6 is 0 Å². The van der Waals surface area contributed by atoms with Crippen molar-refractivity contribution in [1.29, 1.82) is 0 Å². The summed E-state index contributed by atoms with van der Waals surface area (Å²) in [5.41, 5.74) is 4.52. The standard InChI is InChI=1S/C23H24F3NO4/c1-3-31-21(28)12-18-9-15-5-6-19(30-2)11-16(15)10-17-8-14(4-7-20(17)18)13-27-22(29)23(24,25)26/h4-8,11,18H,3,9-10,12-13H2,1-2H3,(H,27,29). The number of fused-ring (bicyclic) bond motifs is 2. The smallest absolute Gasteiger partial charge is 0.471 e. The van der Waals surface area contributed by atoms with Crippen molar-refractivity contribution in [3.05, 3.63) is 64.2 Å². The number of alkyl halides is 3. The Balaban J connectivity index is 1.93. The molecule has 0 radical (unpaired) electrons. The number of ether oxygens (including phenoxy) is 2. The molecule has 1 aliphatic rings. The third-order valence-electron chi connectivity index (χ3n) is 5.34. The van der Waals surface area contributed by atoms with Crippen LogP contribution in [0.25, 0.3) is 0 Å². The van der Waals surface area contributed by atoms with Crippen LogP contribution in [0.2, 0.25) is 0 Å². The summed E-state index contributed by atoms with van der Waals surface area (Å²) < 4.78 is 47.9. The van der Waals surface area contributed by atoms with E-state index in [-0.39, 0.29) is 24.9 Å². The molecule has 31 heavy (non-hydrogen) atoms. The first-order valence-corrected chi connectivity index (χ1v) is 9.99. The molecule has 0 aromatic heterocycles. The highest BCUT2D eigenvalue weighted by Gasteiger charge is 2.38. The van der Waals surface area contributed by atoms with Crippen LogP contribution in [0, 0.1) is 0 Å². The Hall–Kier alpha value is -3.03. The van der Waals surface area contributed by atoms with Gasteiger partial charge in [0.2, 0.25) is 0 Å². The van der Waals surface area contributed by atoms with E-state index >= 15 is 0 Å². The third-order valence-corrected chi connectivity index (χ3v) is 5.34. The minimum atomic E-state index is -4.92. The second kappa shape index (κ2) is 9.41. The summed E-state index contributed by atoms with van der Waals surface area (Å²) in [5, 5.41) is 1.90. The molecular weight excluding hydrogens is 411 g/mol. The average molecular weight is 435 g/mol. The van der Waals surface area contributed by atoms with Crippen molar-refractivity contribution < 1.29 is 32.2 Å². The van der Waals surface area contributed by atoms with Crippen LogP contribution in [0.1, 0.15) is 47.1 Å². The first-order chi connectivity index (χ1) is 14.7. The number of rotatable bonds is 6. The summed E-state index contributed by atoms with van der Waals surface area (Å²) in [4.78, 5) is 23.3. The maximum absolute atomic E-state index is 12.5. The van der Waals surface area contributed by atoms with Gasteiger partial charge >= 0.3 is 18.1 Å². The highest BCUT2D eigenvalue weighted by Crippen LogP contribution is 2.36. The van der Waals surface area contributed by atoms with E-state index < -0.39 is 12.1 Å². The Labute approximate surface area is 178 Å². The molecule has 1 amide bonds. The molecule has 0 aliphatic heterocycles. The monoisotopic (exact) mass is 435 g/mol. The lowest BCUT2D eigenvalue weighted by Crippen LogP contribution is -2.36. The number of halogens is 3. The second-order valence-corrected chi connectivity index (χ2v) is 7.44. The van der Waals surface area contributed by atoms with Crippen molar-refractivity contribution in [2.24, 2.45) is 0 Å². The minimum absolute atomic E-state index is 0.123. The van der Waals surface area contributed by atoms with Crippen LogP contribution < -0.4 is 10.1 Å². The van der Waals surface area contributed by atoms with Gasteiger partial charge in [0.1, 0.15) is 5.75 Å². The molecule has 166 valence electrons. The van der Waals surface area contributed by atoms with Crippen LogP contribution in [-0.4, -0.2) is 31.8 Å². The molecule has 1 atom stereocenters. The number of esters is 1. The van der Waals surface area contributed by atoms with Crippen LogP contribution in [-0.2, 0) is 33.7 Å². The Morgan fingerprint density at radius 3 is 2.55 bits per heavy atom. The van der Waals surface area contributed by atoms with Gasteiger partial charge in [0, 0.05) is 6.54 Å². The van der Waals surface area contributed by atoms with Gasteiger partial charge in [-0.1, -0.05) is 24.3 Å². The van der Waals surface area contributed by atoms with Gasteiger partial charge in [-0.25, -0.2) is 0 Å². The summed E-state index contributed by atoms with van der Waals surface area (Å²) in [6.45, 7) is 1.81. The normalized spacial score (nSPS) is 15.3. The summed E-state index contributed by atoms with van der Waals surface area (Å²) in [7, 11) is 1.58. The fourth-order valence-electron chi connectivity index (χ4n) is 3.88. The molecule has 1 N–H and O–H groups in total. The van der Waals surface area contributed by atoms with Crippen molar-refractivity contribution in [2.45, 2.75) is 44.8 Å². The number of carbonyl (C=O) groups excluding carboxylic acids is 2. The van der Waals surface area contributed by atoms with Gasteiger partial charge in [-0.05, 0) is 65.6 Å². The predicted molar refractivity (Wildman–Crippen MR) is 108 cm³/mol. The molecule has 0 saturated carbocycles. The largest absolute Gasteiger partial charge is 0.497 e. The lowest BCUT2D eigenvalue weighted by atomic mass is 9.88. The number of methoxy groups -OCH3 is 1. The lowest BCUT2D eigenvalue weighted by molar-refractivity contribution is -0.173. The number of carbonyl (C=O) groups is 2. The fourth-order valence-corrected chi connectivity index (χ4v) is 3.88. The van der Waals surface area contributed by atoms with Crippen molar-refractivity contribution in [2.75, 3.05) is 13.7 Å². The highest BCUT2D eigenvalue weighted by molar-refractivity contribution is 5.81. The van der Waals surface area contributed by atoms with E-state index in [1.54, 1.807) is 26.2 Å². The third kappa shape index (κ3) is 5.57. The summed E-state index contributed by atoms with van der Waals surface area (Å²) in [6.07, 6.45) is -3.54. The Bertz CT molecular complexity index is 972. The Kier molecular flexibility index (Phi) is 6.87. The SMILES string of the molecule is CCOC(=O)CC1Cc2ccc(OC)cc2Cc2cc(CNC(=O)C(F)(F)F)ccc21. The fraction of sp³-hybridized carbons (Fsp3) is 0.391. The van der Waals surface area contributed by atoms with Gasteiger partial charge in [0.25, 0.3) is 0 Å². The van der Waals surface area contributed by atoms with Crippen molar-refractivity contribution in [3.63, 3.8) is 0 Å². The minimum Gasteiger partial charge on any atom is -0.497 e. The quantitative estimate of drug-likeness (QED) is 0.696. The Morgan fingerprint density at radius 2 is 1.87 bits per heavy atom. The predicted octanol–water partition coefficient (Wildman–Crippen LogP) is 4.06. The molecular formula is C23H24F3NO4. The van der Waals surface area contributed by atoms with Gasteiger partial charge < -0.3 is 14.8 Å². The molecule has 8 heteroatoms. The van der Waals surface area contributed by atoms with E-state index in [1.807, 2.05) is 29.6 Å². The summed E-state index contributed by atoms with van der Waals surface area (Å²) >= 11 is 0. The number of hydrogen-bond acceptors (Lipinski definition) is 4. The molecule has 1 unspecified atom stereocenters. The van der Waals surface area contributed by atoms with Gasteiger partial charge in [0.05, 0.1) is 20.1 Å². The van der Waals surface area contributed by atoms with Gasteiger partial charge in [0.15, 0.2) is 0 Å². The van der Waals surface area contributed by atoms with E-state index in [2.05, 4.69) is 0 Å². The molecule has 0 heterocycles. The molecule has 1 aliphatic carbocycles. The van der Waals surface area contributed by atoms with Crippen molar-refractivity contribution in [1.82, 2.24) is 5.32 Å². The second-order valence-electron chi connectivity index (χ2n) is 7.44. The van der Waals surface area contributed by atoms with Crippen LogP contribution in [0.3, 0.4) is 0 Å². The van der Waals surface area contributed by atoms with Gasteiger partial charge in [-0.15, -0.1) is 0 Å². The number of amides is 1. The summed E-state index contributed by atoms with van der Waals surface area (Å²) in [6, 6.07) is 11.1. The first-order valence-electron chi connectivity index (χ1n) is 9.99. The maximum Gasteiger partial charge on any atom is 0.471 e. The average Bonchev–Trinajstić information content (AvgIpc) is 2.86. The molecule has 0 spiro atoms. The van der Waals surface area contributed by atoms with E-state index in [1.165, 1.54) is 0 Å². The molecule has 0 saturated heterocycles. The first kappa shape index (κ1) is 22.7. The molecule has 0 bridgehead atoms. The van der Waals surface area contributed by atoms with Crippen LogP contribution in [0.4, 0.5) is 13.2 Å². The molecule has 2 aromatic rings. The van der Waals surface area contributed by atoms with Crippen LogP contribution in [0.15, 0.2) is 36.4 Å². The number of hydrogen-bond donors (Lipinski definition) is 1. The molecule has 3 rings (SSSR count). The van der Waals surface area contributed by atoms with E-state index in [0.29, 0.717) is 30.8 Å². The van der Waals surface area contributed by atoms with Gasteiger partial charge in [-0.2, -0.15) is 13.2 Å². The van der Waals surface area contributed by atoms with E-state index in [4.69, 9.17) is 9.47 Å².